The van der Waals surface area contributed by atoms with E-state index in [4.69, 9.17) is 18.6 Å². The smallest absolute Gasteiger partial charge is 0.341 e. The Balaban J connectivity index is 1.46. The minimum Gasteiger partial charge on any atom is -0.496 e. The van der Waals surface area contributed by atoms with Crippen molar-refractivity contribution in [3.05, 3.63) is 34.2 Å². The summed E-state index contributed by atoms with van der Waals surface area (Å²) in [5, 5.41) is 11.8. The molecule has 1 aliphatic carbocycles. The maximum Gasteiger partial charge on any atom is 0.341 e. The maximum absolute atomic E-state index is 12.7. The number of methoxy groups -OCH3 is 2. The van der Waals surface area contributed by atoms with Crippen molar-refractivity contribution in [3.8, 4) is 23.0 Å². The van der Waals surface area contributed by atoms with Gasteiger partial charge in [0.15, 0.2) is 0 Å². The average Bonchev–Trinajstić information content (AvgIpc) is 3.46. The number of carbonyl (C=O) groups is 2. The van der Waals surface area contributed by atoms with Crippen LogP contribution >= 0.6 is 23.1 Å². The molecule has 1 N–H and O–H groups in total. The molecule has 9 nitrogen and oxygen atoms in total. The summed E-state index contributed by atoms with van der Waals surface area (Å²) in [6, 6.07) is 5.33. The molecule has 0 bridgehead atoms. The van der Waals surface area contributed by atoms with Crippen molar-refractivity contribution in [2.24, 2.45) is 0 Å². The van der Waals surface area contributed by atoms with Gasteiger partial charge >= 0.3 is 5.97 Å². The van der Waals surface area contributed by atoms with E-state index >= 15 is 0 Å². The second kappa shape index (κ2) is 10.9. The first-order valence-corrected chi connectivity index (χ1v) is 12.6. The summed E-state index contributed by atoms with van der Waals surface area (Å²) in [7, 11) is 3.09. The van der Waals surface area contributed by atoms with Crippen LogP contribution < -0.4 is 14.8 Å². The molecule has 3 aromatic rings. The zero-order valence-electron chi connectivity index (χ0n) is 19.1. The standard InChI is InChI=1S/C23H25N3O6S2/c1-4-31-22(28)18-13-8-5-6-11-16(13)34-21(18)24-17(27)12-33-23-26-25-20(32-23)19-14(29-2)9-7-10-15(19)30-3/h7,9-10H,4-6,8,11-12H2,1-3H3,(H,24,27). The molecular weight excluding hydrogens is 478 g/mol. The van der Waals surface area contributed by atoms with Gasteiger partial charge in [0, 0.05) is 4.88 Å². The highest BCUT2D eigenvalue weighted by Gasteiger charge is 2.27. The van der Waals surface area contributed by atoms with Crippen LogP contribution in [0, 0.1) is 0 Å². The molecular formula is C23H25N3O6S2. The lowest BCUT2D eigenvalue weighted by atomic mass is 9.95. The summed E-state index contributed by atoms with van der Waals surface area (Å²) in [4.78, 5) is 26.4. The Kier molecular flexibility index (Phi) is 7.73. The largest absolute Gasteiger partial charge is 0.496 e. The second-order valence-corrected chi connectivity index (χ2v) is 9.41. The number of thioether (sulfide) groups is 1. The molecule has 0 spiro atoms. The molecule has 0 saturated carbocycles. The Labute approximate surface area is 205 Å². The van der Waals surface area contributed by atoms with Crippen molar-refractivity contribution in [1.29, 1.82) is 0 Å². The van der Waals surface area contributed by atoms with Crippen molar-refractivity contribution in [1.82, 2.24) is 10.2 Å². The number of anilines is 1. The lowest BCUT2D eigenvalue weighted by molar-refractivity contribution is -0.113. The first kappa shape index (κ1) is 24.1. The van der Waals surface area contributed by atoms with Crippen molar-refractivity contribution in [2.75, 3.05) is 31.9 Å². The average molecular weight is 504 g/mol. The minimum atomic E-state index is -0.392. The van der Waals surface area contributed by atoms with Crippen molar-refractivity contribution < 1.29 is 28.2 Å². The minimum absolute atomic E-state index is 0.0372. The molecule has 0 saturated heterocycles. The number of amides is 1. The number of thiophene rings is 1. The first-order chi connectivity index (χ1) is 16.5. The lowest BCUT2D eigenvalue weighted by Crippen LogP contribution is -2.17. The van der Waals surface area contributed by atoms with Gasteiger partial charge in [0.05, 0.1) is 32.1 Å². The number of esters is 1. The zero-order valence-corrected chi connectivity index (χ0v) is 20.8. The number of nitrogens with one attached hydrogen (secondary N) is 1. The van der Waals surface area contributed by atoms with E-state index in [1.54, 1.807) is 39.3 Å². The topological polar surface area (TPSA) is 113 Å². The number of rotatable bonds is 9. The number of aromatic nitrogens is 2. The molecule has 1 amide bonds. The molecule has 0 unspecified atom stereocenters. The van der Waals surface area contributed by atoms with Gasteiger partial charge in [-0.15, -0.1) is 21.5 Å². The Hall–Kier alpha value is -3.05. The predicted octanol–water partition coefficient (Wildman–Crippen LogP) is 4.60. The third-order valence-corrected chi connectivity index (χ3v) is 7.30. The van der Waals surface area contributed by atoms with Crippen molar-refractivity contribution in [2.45, 2.75) is 37.8 Å². The molecule has 180 valence electrons. The third kappa shape index (κ3) is 5.05. The Morgan fingerprint density at radius 3 is 2.59 bits per heavy atom. The summed E-state index contributed by atoms with van der Waals surface area (Å²) < 4.78 is 21.8. The molecule has 1 aliphatic rings. The van der Waals surface area contributed by atoms with Crippen LogP contribution in [0.15, 0.2) is 27.8 Å². The van der Waals surface area contributed by atoms with Crippen LogP contribution in [-0.4, -0.2) is 48.7 Å². The lowest BCUT2D eigenvalue weighted by Gasteiger charge is -2.12. The summed E-state index contributed by atoms with van der Waals surface area (Å²) in [6.07, 6.45) is 3.83. The van der Waals surface area contributed by atoms with Gasteiger partial charge in [-0.2, -0.15) is 0 Å². The molecule has 4 rings (SSSR count). The molecule has 1 aromatic carbocycles. The van der Waals surface area contributed by atoms with Crippen LogP contribution in [0.2, 0.25) is 0 Å². The zero-order chi connectivity index (χ0) is 24.1. The summed E-state index contributed by atoms with van der Waals surface area (Å²) in [5.74, 6) is 0.666. The van der Waals surface area contributed by atoms with Crippen molar-refractivity contribution >= 4 is 40.0 Å². The first-order valence-electron chi connectivity index (χ1n) is 10.8. The predicted molar refractivity (Wildman–Crippen MR) is 129 cm³/mol. The molecule has 2 aromatic heterocycles. The highest BCUT2D eigenvalue weighted by Crippen LogP contribution is 2.40. The molecule has 0 atom stereocenters. The van der Waals surface area contributed by atoms with E-state index in [0.717, 1.165) is 47.9 Å². The van der Waals surface area contributed by atoms with Gasteiger partial charge in [-0.1, -0.05) is 17.8 Å². The SMILES string of the molecule is CCOC(=O)c1c(NC(=O)CSc2nnc(-c3c(OC)cccc3OC)o2)sc2c1CCCC2. The van der Waals surface area contributed by atoms with Crippen LogP contribution in [0.4, 0.5) is 5.00 Å². The summed E-state index contributed by atoms with van der Waals surface area (Å²) in [6.45, 7) is 2.05. The Bertz CT molecular complexity index is 1170. The number of hydrogen-bond donors (Lipinski definition) is 1. The van der Waals surface area contributed by atoms with E-state index in [9.17, 15) is 9.59 Å². The highest BCUT2D eigenvalue weighted by molar-refractivity contribution is 7.99. The fraction of sp³-hybridized carbons (Fsp3) is 0.391. The summed E-state index contributed by atoms with van der Waals surface area (Å²) >= 11 is 2.56. The molecule has 0 aliphatic heterocycles. The van der Waals surface area contributed by atoms with E-state index in [1.165, 1.54) is 11.3 Å². The maximum atomic E-state index is 12.7. The van der Waals surface area contributed by atoms with E-state index in [1.807, 2.05) is 0 Å². The van der Waals surface area contributed by atoms with Crippen molar-refractivity contribution in [3.63, 3.8) is 0 Å². The molecule has 0 radical (unpaired) electrons. The van der Waals surface area contributed by atoms with Crippen LogP contribution in [0.1, 0.15) is 40.6 Å². The second-order valence-electron chi connectivity index (χ2n) is 7.38. The van der Waals surface area contributed by atoms with Crippen LogP contribution in [0.5, 0.6) is 11.5 Å². The number of hydrogen-bond acceptors (Lipinski definition) is 10. The van der Waals surface area contributed by atoms with Gasteiger partial charge in [0.1, 0.15) is 22.1 Å². The Morgan fingerprint density at radius 1 is 1.15 bits per heavy atom. The number of aryl methyl sites for hydroxylation is 1. The number of nitrogens with zero attached hydrogens (tertiary/aromatic N) is 2. The fourth-order valence-corrected chi connectivity index (χ4v) is 5.65. The molecule has 11 heteroatoms. The molecule has 2 heterocycles. The fourth-order valence-electron chi connectivity index (χ4n) is 3.79. The van der Waals surface area contributed by atoms with Gasteiger partial charge < -0.3 is 23.9 Å². The van der Waals surface area contributed by atoms with Crippen LogP contribution in [0.25, 0.3) is 11.5 Å². The van der Waals surface area contributed by atoms with Crippen LogP contribution in [-0.2, 0) is 22.4 Å². The third-order valence-electron chi connectivity index (χ3n) is 5.28. The number of carbonyl (C=O) groups excluding carboxylic acids is 2. The number of benzene rings is 1. The van der Waals surface area contributed by atoms with Gasteiger partial charge in [-0.25, -0.2) is 4.79 Å². The van der Waals surface area contributed by atoms with Gasteiger partial charge in [-0.05, 0) is 50.3 Å². The van der Waals surface area contributed by atoms with E-state index in [2.05, 4.69) is 15.5 Å². The highest BCUT2D eigenvalue weighted by atomic mass is 32.2. The van der Waals surface area contributed by atoms with E-state index in [0.29, 0.717) is 27.6 Å². The normalized spacial score (nSPS) is 12.7. The van der Waals surface area contributed by atoms with E-state index < -0.39 is 5.97 Å². The Morgan fingerprint density at radius 2 is 1.88 bits per heavy atom. The quantitative estimate of drug-likeness (QED) is 0.330. The van der Waals surface area contributed by atoms with Gasteiger partial charge in [0.25, 0.3) is 11.1 Å². The van der Waals surface area contributed by atoms with Gasteiger partial charge in [0.2, 0.25) is 5.91 Å². The molecule has 34 heavy (non-hydrogen) atoms. The molecule has 0 fully saturated rings. The van der Waals surface area contributed by atoms with Gasteiger partial charge in [-0.3, -0.25) is 4.79 Å². The monoisotopic (exact) mass is 503 g/mol. The summed E-state index contributed by atoms with van der Waals surface area (Å²) in [5.41, 5.74) is 2.03. The number of ether oxygens (including phenoxy) is 3. The number of fused-ring (bicyclic) bond motifs is 1. The van der Waals surface area contributed by atoms with Crippen LogP contribution in [0.3, 0.4) is 0 Å². The van der Waals surface area contributed by atoms with E-state index in [-0.39, 0.29) is 29.4 Å².